The number of ether oxygens (including phenoxy) is 7. The van der Waals surface area contributed by atoms with Gasteiger partial charge in [0, 0.05) is 18.3 Å². The molecule has 0 spiro atoms. The molecule has 13 N–H and O–H groups in total. The van der Waals surface area contributed by atoms with Gasteiger partial charge in [-0.1, -0.05) is 27.7 Å². The first kappa shape index (κ1) is 50.6. The summed E-state index contributed by atoms with van der Waals surface area (Å²) in [4.78, 5) is 0. The van der Waals surface area contributed by atoms with Gasteiger partial charge in [-0.25, -0.2) is 0 Å². The summed E-state index contributed by atoms with van der Waals surface area (Å²) in [6.45, 7) is 6.79. The second-order valence-corrected chi connectivity index (χ2v) is 21.6. The first-order valence-electron chi connectivity index (χ1n) is 24.0. The Morgan fingerprint density at radius 1 is 0.615 bits per heavy atom. The van der Waals surface area contributed by atoms with E-state index >= 15 is 0 Å². The summed E-state index contributed by atoms with van der Waals surface area (Å²) in [5.74, 6) is -1.12. The Hall–Kier alpha value is -0.800. The van der Waals surface area contributed by atoms with E-state index in [9.17, 15) is 66.4 Å². The molecule has 376 valence electrons. The molecule has 4 saturated carbocycles. The molecule has 8 aliphatic rings. The van der Waals surface area contributed by atoms with Crippen molar-refractivity contribution < 1.29 is 99.5 Å². The lowest BCUT2D eigenvalue weighted by Crippen LogP contribution is -2.65. The Bertz CT molecular complexity index is 1600. The van der Waals surface area contributed by atoms with Crippen LogP contribution >= 0.6 is 0 Å². The van der Waals surface area contributed by atoms with Crippen molar-refractivity contribution in [1.29, 1.82) is 0 Å². The minimum atomic E-state index is -1.78. The molecular formula is C45H76O20. The number of rotatable bonds is 13. The summed E-state index contributed by atoms with van der Waals surface area (Å²) >= 11 is 0. The molecule has 4 aliphatic carbocycles. The fourth-order valence-electron chi connectivity index (χ4n) is 14.2. The van der Waals surface area contributed by atoms with Gasteiger partial charge >= 0.3 is 0 Å². The maximum Gasteiger partial charge on any atom is 0.187 e. The molecule has 4 aliphatic heterocycles. The van der Waals surface area contributed by atoms with E-state index in [2.05, 4.69) is 13.8 Å². The molecule has 20 nitrogen and oxygen atoms in total. The second-order valence-electron chi connectivity index (χ2n) is 21.6. The van der Waals surface area contributed by atoms with E-state index in [4.69, 9.17) is 33.2 Å². The van der Waals surface area contributed by atoms with Crippen LogP contribution in [-0.4, -0.2) is 209 Å². The molecule has 8 rings (SSSR count). The van der Waals surface area contributed by atoms with Crippen LogP contribution in [0.5, 0.6) is 0 Å². The molecule has 0 amide bonds. The van der Waals surface area contributed by atoms with Crippen LogP contribution in [0, 0.1) is 52.3 Å². The standard InChI is InChI=1S/C45H76O20/c1-18(17-59-40-35(55)33(53)29(49)24(14-46)61-40)7-12-45(58)19(2)27-38(65-45)32(52)28-22-6-5-20-13-21(8-10-43(20,3)23(22)9-11-44(27,28)4)60-42-37(57)39(31(51)26(16-48)63-42)64-41-36(56)34(54)30(50)25(15-47)62-41/h18-42,46-58H,5-17H2,1-4H3/t18?,19-,20?,21?,22?,23?,24+,25+,26+,27?,28?,29+,30-,31+,32+,33-,34-,35+,36+,37+,38?,39-,40+,41-,42+,43?,44?,45?/m0/s1. The lowest BCUT2D eigenvalue weighted by Gasteiger charge is -2.61. The summed E-state index contributed by atoms with van der Waals surface area (Å²) in [5.41, 5.74) is -0.333. The molecule has 0 aromatic carbocycles. The largest absolute Gasteiger partial charge is 0.394 e. The van der Waals surface area contributed by atoms with Crippen LogP contribution in [-0.2, 0) is 33.2 Å². The normalized spacial score (nSPS) is 56.1. The molecule has 0 radical (unpaired) electrons. The van der Waals surface area contributed by atoms with Crippen LogP contribution < -0.4 is 0 Å². The first-order chi connectivity index (χ1) is 30.7. The Balaban J connectivity index is 0.868. The van der Waals surface area contributed by atoms with Crippen molar-refractivity contribution in [3.63, 3.8) is 0 Å². The zero-order valence-corrected chi connectivity index (χ0v) is 37.8. The van der Waals surface area contributed by atoms with Crippen molar-refractivity contribution in [2.24, 2.45) is 52.3 Å². The minimum absolute atomic E-state index is 0.0193. The Kier molecular flexibility index (Phi) is 15.1. The Morgan fingerprint density at radius 2 is 1.18 bits per heavy atom. The molecule has 0 bridgehead atoms. The highest BCUT2D eigenvalue weighted by molar-refractivity contribution is 5.18. The quantitative estimate of drug-likeness (QED) is 0.0829. The maximum atomic E-state index is 12.2. The van der Waals surface area contributed by atoms with Gasteiger partial charge in [-0.3, -0.25) is 0 Å². The third-order valence-corrected chi connectivity index (χ3v) is 18.0. The topological polar surface area (TPSA) is 328 Å². The van der Waals surface area contributed by atoms with Crippen molar-refractivity contribution in [3.05, 3.63) is 0 Å². The molecular weight excluding hydrogens is 860 g/mol. The molecule has 8 fully saturated rings. The monoisotopic (exact) mass is 936 g/mol. The molecule has 65 heavy (non-hydrogen) atoms. The summed E-state index contributed by atoms with van der Waals surface area (Å²) in [6, 6.07) is 0. The SMILES string of the molecule is CC(CCC1(O)OC2C([C@@H]1C)C1(C)CCC3C(CCC4CC(O[C@@H]5O[C@H](CO)[C@@H](O)[C@H](O[C@@H]6O[C@H](CO)[C@H](O)[C@H](O)[C@H]6O)[C@H]5O)CCC43C)C1[C@H]2O)CO[C@@H]1O[C@H](CO)[C@@H](O)[C@H](O)[C@H]1O. The van der Waals surface area contributed by atoms with Crippen LogP contribution in [0.4, 0.5) is 0 Å². The molecule has 20 heteroatoms. The van der Waals surface area contributed by atoms with Crippen molar-refractivity contribution >= 4 is 0 Å². The summed E-state index contributed by atoms with van der Waals surface area (Å²) in [5, 5.41) is 138. The number of fused-ring (bicyclic) bond motifs is 7. The van der Waals surface area contributed by atoms with Gasteiger partial charge in [0.1, 0.15) is 73.2 Å². The first-order valence-corrected chi connectivity index (χ1v) is 24.0. The third-order valence-electron chi connectivity index (χ3n) is 18.0. The maximum absolute atomic E-state index is 12.2. The number of aliphatic hydroxyl groups is 13. The highest BCUT2D eigenvalue weighted by Gasteiger charge is 2.71. The van der Waals surface area contributed by atoms with Crippen molar-refractivity contribution in [2.45, 2.75) is 202 Å². The van der Waals surface area contributed by atoms with E-state index < -0.39 is 130 Å². The second kappa shape index (κ2) is 19.4. The van der Waals surface area contributed by atoms with E-state index in [1.54, 1.807) is 0 Å². The lowest BCUT2D eigenvalue weighted by molar-refractivity contribution is -0.365. The van der Waals surface area contributed by atoms with Crippen LogP contribution in [0.15, 0.2) is 0 Å². The summed E-state index contributed by atoms with van der Waals surface area (Å²) in [6.07, 6.45) is -17.2. The third kappa shape index (κ3) is 8.78. The summed E-state index contributed by atoms with van der Waals surface area (Å²) < 4.78 is 41.3. The molecule has 0 aromatic heterocycles. The van der Waals surface area contributed by atoms with Gasteiger partial charge in [-0.05, 0) is 91.8 Å². The van der Waals surface area contributed by atoms with Crippen LogP contribution in [0.3, 0.4) is 0 Å². The van der Waals surface area contributed by atoms with Gasteiger partial charge in [0.25, 0.3) is 0 Å². The average Bonchev–Trinajstić information content (AvgIpc) is 3.68. The van der Waals surface area contributed by atoms with Gasteiger partial charge in [0.05, 0.1) is 44.7 Å². The van der Waals surface area contributed by atoms with Crippen molar-refractivity contribution in [3.8, 4) is 0 Å². The Labute approximate surface area is 379 Å². The molecule has 11 unspecified atom stereocenters. The number of aliphatic hydroxyl groups excluding tert-OH is 12. The lowest BCUT2D eigenvalue weighted by atomic mass is 9.44. The van der Waals surface area contributed by atoms with Gasteiger partial charge in [0.15, 0.2) is 24.7 Å². The van der Waals surface area contributed by atoms with E-state index in [-0.39, 0.29) is 59.0 Å². The zero-order valence-electron chi connectivity index (χ0n) is 37.8. The smallest absolute Gasteiger partial charge is 0.187 e. The van der Waals surface area contributed by atoms with E-state index in [0.29, 0.717) is 31.6 Å². The predicted octanol–water partition coefficient (Wildman–Crippen LogP) is -2.81. The van der Waals surface area contributed by atoms with E-state index in [1.807, 2.05) is 13.8 Å². The van der Waals surface area contributed by atoms with E-state index in [0.717, 1.165) is 32.1 Å². The van der Waals surface area contributed by atoms with E-state index in [1.165, 1.54) is 0 Å². The van der Waals surface area contributed by atoms with Crippen LogP contribution in [0.1, 0.15) is 85.5 Å². The highest BCUT2D eigenvalue weighted by atomic mass is 16.7. The highest BCUT2D eigenvalue weighted by Crippen LogP contribution is 2.71. The van der Waals surface area contributed by atoms with Crippen LogP contribution in [0.25, 0.3) is 0 Å². The minimum Gasteiger partial charge on any atom is -0.394 e. The average molecular weight is 937 g/mol. The van der Waals surface area contributed by atoms with Gasteiger partial charge < -0.3 is 99.5 Å². The number of hydrogen-bond donors (Lipinski definition) is 13. The molecule has 4 saturated heterocycles. The zero-order chi connectivity index (χ0) is 47.1. The molecule has 0 aromatic rings. The van der Waals surface area contributed by atoms with Gasteiger partial charge in [0.2, 0.25) is 0 Å². The van der Waals surface area contributed by atoms with Gasteiger partial charge in [-0.2, -0.15) is 0 Å². The fraction of sp³-hybridized carbons (Fsp3) is 1.00. The van der Waals surface area contributed by atoms with Crippen LogP contribution in [0.2, 0.25) is 0 Å². The van der Waals surface area contributed by atoms with Crippen molar-refractivity contribution in [2.75, 3.05) is 26.4 Å². The predicted molar refractivity (Wildman–Crippen MR) is 220 cm³/mol. The van der Waals surface area contributed by atoms with Gasteiger partial charge in [-0.15, -0.1) is 0 Å². The Morgan fingerprint density at radius 3 is 1.82 bits per heavy atom. The summed E-state index contributed by atoms with van der Waals surface area (Å²) in [7, 11) is 0. The fourth-order valence-corrected chi connectivity index (χ4v) is 14.2. The number of hydrogen-bond acceptors (Lipinski definition) is 20. The molecule has 4 heterocycles. The van der Waals surface area contributed by atoms with Crippen molar-refractivity contribution in [1.82, 2.24) is 0 Å². The molecule has 28 atom stereocenters.